The summed E-state index contributed by atoms with van der Waals surface area (Å²) in [5, 5.41) is 0. The van der Waals surface area contributed by atoms with Crippen LogP contribution in [0.4, 0.5) is 11.4 Å². The van der Waals surface area contributed by atoms with Gasteiger partial charge in [0.1, 0.15) is 6.29 Å². The molecule has 1 aliphatic carbocycles. The number of hydrogen-bond donors (Lipinski definition) is 0. The average Bonchev–Trinajstić information content (AvgIpc) is 2.58. The number of fused-ring (bicyclic) bond motifs is 1. The van der Waals surface area contributed by atoms with Gasteiger partial charge in [0.05, 0.1) is 0 Å². The molecule has 0 N–H and O–H groups in total. The molecule has 0 saturated heterocycles. The van der Waals surface area contributed by atoms with Crippen LogP contribution in [0.5, 0.6) is 0 Å². The lowest BCUT2D eigenvalue weighted by atomic mass is 9.63. The van der Waals surface area contributed by atoms with Crippen LogP contribution in [0.15, 0.2) is 42.5 Å². The minimum Gasteiger partial charge on any atom is -0.345 e. The van der Waals surface area contributed by atoms with E-state index >= 15 is 0 Å². The summed E-state index contributed by atoms with van der Waals surface area (Å²) in [5.74, 6) is 0. The molecule has 0 aliphatic heterocycles. The zero-order valence-electron chi connectivity index (χ0n) is 15.4. The Labute approximate surface area is 145 Å². The second-order valence-electron chi connectivity index (χ2n) is 8.27. The van der Waals surface area contributed by atoms with Crippen LogP contribution in [-0.2, 0) is 10.8 Å². The zero-order chi connectivity index (χ0) is 17.5. The summed E-state index contributed by atoms with van der Waals surface area (Å²) in [7, 11) is 2.08. The largest absolute Gasteiger partial charge is 0.345 e. The van der Waals surface area contributed by atoms with E-state index in [-0.39, 0.29) is 10.8 Å². The highest BCUT2D eigenvalue weighted by Gasteiger charge is 2.37. The molecule has 2 aromatic carbocycles. The fourth-order valence-electron chi connectivity index (χ4n) is 3.71. The van der Waals surface area contributed by atoms with Crippen molar-refractivity contribution in [3.63, 3.8) is 0 Å². The molecule has 0 amide bonds. The molecule has 0 unspecified atom stereocenters. The summed E-state index contributed by atoms with van der Waals surface area (Å²) in [4.78, 5) is 13.0. The van der Waals surface area contributed by atoms with Crippen LogP contribution in [0.25, 0.3) is 0 Å². The van der Waals surface area contributed by atoms with E-state index in [2.05, 4.69) is 57.8 Å². The van der Waals surface area contributed by atoms with Crippen molar-refractivity contribution in [2.24, 2.45) is 0 Å². The van der Waals surface area contributed by atoms with E-state index in [4.69, 9.17) is 0 Å². The van der Waals surface area contributed by atoms with Gasteiger partial charge < -0.3 is 4.90 Å². The van der Waals surface area contributed by atoms with Gasteiger partial charge in [0.2, 0.25) is 0 Å². The highest BCUT2D eigenvalue weighted by Crippen LogP contribution is 2.47. The molecule has 3 rings (SSSR count). The summed E-state index contributed by atoms with van der Waals surface area (Å²) < 4.78 is 0. The number of carbonyl (C=O) groups excluding carboxylic acids is 1. The van der Waals surface area contributed by atoms with Crippen molar-refractivity contribution in [2.45, 2.75) is 51.4 Å². The van der Waals surface area contributed by atoms with Gasteiger partial charge >= 0.3 is 0 Å². The second-order valence-corrected chi connectivity index (χ2v) is 8.27. The van der Waals surface area contributed by atoms with E-state index in [1.807, 2.05) is 24.3 Å². The van der Waals surface area contributed by atoms with Crippen LogP contribution in [0.1, 0.15) is 62.0 Å². The van der Waals surface area contributed by atoms with Crippen molar-refractivity contribution in [2.75, 3.05) is 11.9 Å². The third-order valence-electron chi connectivity index (χ3n) is 5.64. The van der Waals surface area contributed by atoms with Crippen LogP contribution in [0.3, 0.4) is 0 Å². The number of rotatable bonds is 3. The molecule has 2 heteroatoms. The lowest BCUT2D eigenvalue weighted by molar-refractivity contribution is 0.112. The molecule has 2 aromatic rings. The second kappa shape index (κ2) is 5.77. The minimum atomic E-state index is 0.211. The normalized spacial score (nSPS) is 17.9. The molecule has 2 nitrogen and oxygen atoms in total. The van der Waals surface area contributed by atoms with Crippen molar-refractivity contribution >= 4 is 17.7 Å². The van der Waals surface area contributed by atoms with Gasteiger partial charge in [0.25, 0.3) is 0 Å². The zero-order valence-corrected chi connectivity index (χ0v) is 15.4. The lowest BCUT2D eigenvalue weighted by Gasteiger charge is -2.42. The van der Waals surface area contributed by atoms with Gasteiger partial charge in [0, 0.05) is 24.0 Å². The first-order valence-electron chi connectivity index (χ1n) is 8.69. The first kappa shape index (κ1) is 16.8. The van der Waals surface area contributed by atoms with Crippen LogP contribution < -0.4 is 4.90 Å². The summed E-state index contributed by atoms with van der Waals surface area (Å²) >= 11 is 0. The topological polar surface area (TPSA) is 20.3 Å². The number of carbonyl (C=O) groups is 1. The van der Waals surface area contributed by atoms with Crippen molar-refractivity contribution in [1.29, 1.82) is 0 Å². The average molecular weight is 321 g/mol. The molecule has 0 spiro atoms. The molecule has 0 saturated carbocycles. The van der Waals surface area contributed by atoms with Gasteiger partial charge in [-0.3, -0.25) is 4.79 Å². The van der Waals surface area contributed by atoms with Crippen LogP contribution in [0.2, 0.25) is 0 Å². The summed E-state index contributed by atoms with van der Waals surface area (Å²) in [6, 6.07) is 14.6. The fourth-order valence-corrected chi connectivity index (χ4v) is 3.71. The minimum absolute atomic E-state index is 0.211. The van der Waals surface area contributed by atoms with E-state index in [9.17, 15) is 4.79 Å². The molecule has 24 heavy (non-hydrogen) atoms. The third-order valence-corrected chi connectivity index (χ3v) is 5.64. The van der Waals surface area contributed by atoms with Gasteiger partial charge in [-0.15, -0.1) is 0 Å². The Bertz CT molecular complexity index is 756. The van der Waals surface area contributed by atoms with E-state index in [1.54, 1.807) is 0 Å². The Balaban J connectivity index is 2.02. The van der Waals surface area contributed by atoms with Gasteiger partial charge in [0.15, 0.2) is 0 Å². The van der Waals surface area contributed by atoms with Crippen molar-refractivity contribution in [3.8, 4) is 0 Å². The van der Waals surface area contributed by atoms with Gasteiger partial charge in [-0.2, -0.15) is 0 Å². The summed E-state index contributed by atoms with van der Waals surface area (Å²) in [5.41, 5.74) is 6.39. The monoisotopic (exact) mass is 321 g/mol. The fraction of sp³-hybridized carbons (Fsp3) is 0.409. The van der Waals surface area contributed by atoms with Gasteiger partial charge in [-0.25, -0.2) is 0 Å². The van der Waals surface area contributed by atoms with Gasteiger partial charge in [-0.1, -0.05) is 33.8 Å². The van der Waals surface area contributed by atoms with Crippen LogP contribution in [-0.4, -0.2) is 13.3 Å². The third kappa shape index (κ3) is 2.86. The first-order valence-corrected chi connectivity index (χ1v) is 8.69. The molecular weight excluding hydrogens is 294 g/mol. The highest BCUT2D eigenvalue weighted by atomic mass is 16.1. The molecular formula is C22H27NO. The molecule has 126 valence electrons. The Morgan fingerprint density at radius 1 is 0.833 bits per heavy atom. The summed E-state index contributed by atoms with van der Waals surface area (Å²) in [6.07, 6.45) is 3.33. The molecule has 0 fully saturated rings. The molecule has 0 atom stereocenters. The van der Waals surface area contributed by atoms with Crippen LogP contribution in [0, 0.1) is 0 Å². The Hall–Kier alpha value is -2.09. The maximum absolute atomic E-state index is 10.8. The van der Waals surface area contributed by atoms with Crippen molar-refractivity contribution < 1.29 is 4.79 Å². The van der Waals surface area contributed by atoms with Crippen molar-refractivity contribution in [3.05, 3.63) is 59.2 Å². The molecule has 0 radical (unpaired) electrons. The van der Waals surface area contributed by atoms with Crippen molar-refractivity contribution in [1.82, 2.24) is 0 Å². The Kier molecular flexibility index (Phi) is 4.03. The maximum atomic E-state index is 10.8. The number of hydrogen-bond acceptors (Lipinski definition) is 2. The SMILES string of the molecule is CN(c1ccc(C=O)cc1)c1ccc2c(c1)C(C)(C)CCC2(C)C. The highest BCUT2D eigenvalue weighted by molar-refractivity contribution is 5.76. The molecule has 0 aromatic heterocycles. The van der Waals surface area contributed by atoms with E-state index in [0.29, 0.717) is 5.56 Å². The van der Waals surface area contributed by atoms with E-state index < -0.39 is 0 Å². The van der Waals surface area contributed by atoms with E-state index in [1.165, 1.54) is 29.7 Å². The molecule has 0 heterocycles. The lowest BCUT2D eigenvalue weighted by Crippen LogP contribution is -2.34. The maximum Gasteiger partial charge on any atom is 0.150 e. The predicted molar refractivity (Wildman–Crippen MR) is 102 cm³/mol. The van der Waals surface area contributed by atoms with Crippen LogP contribution >= 0.6 is 0 Å². The number of anilines is 2. The first-order chi connectivity index (χ1) is 11.2. The van der Waals surface area contributed by atoms with E-state index in [0.717, 1.165) is 12.0 Å². The number of nitrogens with zero attached hydrogens (tertiary/aromatic N) is 1. The Morgan fingerprint density at radius 3 is 1.96 bits per heavy atom. The molecule has 1 aliphatic rings. The predicted octanol–water partition coefficient (Wildman–Crippen LogP) is 5.62. The standard InChI is InChI=1S/C22H27NO/c1-21(2)12-13-22(3,4)20-14-18(10-11-19(20)21)23(5)17-8-6-16(15-24)7-9-17/h6-11,14-15H,12-13H2,1-5H3. The Morgan fingerprint density at radius 2 is 1.38 bits per heavy atom. The number of aldehydes is 1. The number of benzene rings is 2. The smallest absolute Gasteiger partial charge is 0.150 e. The van der Waals surface area contributed by atoms with Gasteiger partial charge in [-0.05, 0) is 71.2 Å². The summed E-state index contributed by atoms with van der Waals surface area (Å²) in [6.45, 7) is 9.40. The molecule has 0 bridgehead atoms. The quantitative estimate of drug-likeness (QED) is 0.684.